The summed E-state index contributed by atoms with van der Waals surface area (Å²) in [5, 5.41) is 3.71. The van der Waals surface area contributed by atoms with Gasteiger partial charge in [-0.1, -0.05) is 6.92 Å². The lowest BCUT2D eigenvalue weighted by Crippen LogP contribution is -2.14. The number of aromatic nitrogens is 1. The molecule has 1 aromatic carbocycles. The fourth-order valence-corrected chi connectivity index (χ4v) is 3.04. The molecule has 0 bridgehead atoms. The lowest BCUT2D eigenvalue weighted by atomic mass is 10.1. The van der Waals surface area contributed by atoms with Crippen LogP contribution in [-0.4, -0.2) is 17.6 Å². The van der Waals surface area contributed by atoms with Gasteiger partial charge in [0.1, 0.15) is 17.9 Å². The van der Waals surface area contributed by atoms with Gasteiger partial charge in [0.2, 0.25) is 0 Å². The molecule has 0 N–H and O–H groups in total. The standard InChI is InChI=1S/C18H17NO5S/c1-3-16-19-12(10-25-16)8-23-18(21)9-22-13-4-5-14-11(2)6-17(20)24-15(14)7-13/h4-7,10H,3,8-9H2,1-2H3. The summed E-state index contributed by atoms with van der Waals surface area (Å²) in [6.45, 7) is 3.76. The Labute approximate surface area is 148 Å². The summed E-state index contributed by atoms with van der Waals surface area (Å²) in [5.41, 5.74) is 1.56. The van der Waals surface area contributed by atoms with Crippen molar-refractivity contribution < 1.29 is 18.7 Å². The highest BCUT2D eigenvalue weighted by Crippen LogP contribution is 2.22. The van der Waals surface area contributed by atoms with Gasteiger partial charge in [0.05, 0.1) is 10.7 Å². The van der Waals surface area contributed by atoms with Crippen LogP contribution in [0, 0.1) is 6.92 Å². The first kappa shape index (κ1) is 17.2. The van der Waals surface area contributed by atoms with Crippen molar-refractivity contribution in [2.75, 3.05) is 6.61 Å². The van der Waals surface area contributed by atoms with Crippen molar-refractivity contribution in [3.05, 3.63) is 56.3 Å². The van der Waals surface area contributed by atoms with Gasteiger partial charge in [-0.15, -0.1) is 11.3 Å². The third-order valence-corrected chi connectivity index (χ3v) is 4.60. The van der Waals surface area contributed by atoms with E-state index in [1.807, 2.05) is 19.2 Å². The molecule has 7 heteroatoms. The number of nitrogens with zero attached hydrogens (tertiary/aromatic N) is 1. The molecule has 6 nitrogen and oxygen atoms in total. The van der Waals surface area contributed by atoms with Gasteiger partial charge < -0.3 is 13.9 Å². The minimum Gasteiger partial charge on any atom is -0.482 e. The van der Waals surface area contributed by atoms with Crippen LogP contribution >= 0.6 is 11.3 Å². The third-order valence-electron chi connectivity index (χ3n) is 3.56. The number of aryl methyl sites for hydroxylation is 2. The number of hydrogen-bond acceptors (Lipinski definition) is 7. The highest BCUT2D eigenvalue weighted by molar-refractivity contribution is 7.09. The van der Waals surface area contributed by atoms with Gasteiger partial charge in [0, 0.05) is 22.9 Å². The number of carbonyl (C=O) groups excluding carboxylic acids is 1. The van der Waals surface area contributed by atoms with Crippen molar-refractivity contribution in [3.8, 4) is 5.75 Å². The predicted molar refractivity (Wildman–Crippen MR) is 94.0 cm³/mol. The summed E-state index contributed by atoms with van der Waals surface area (Å²) in [6, 6.07) is 6.53. The fourth-order valence-electron chi connectivity index (χ4n) is 2.31. The van der Waals surface area contributed by atoms with Gasteiger partial charge in [-0.2, -0.15) is 0 Å². The average molecular weight is 359 g/mol. The van der Waals surface area contributed by atoms with Crippen LogP contribution in [0.2, 0.25) is 0 Å². The second-order valence-corrected chi connectivity index (χ2v) is 6.38. The van der Waals surface area contributed by atoms with E-state index in [0.717, 1.165) is 28.1 Å². The van der Waals surface area contributed by atoms with Crippen LogP contribution in [0.15, 0.2) is 38.9 Å². The second-order valence-electron chi connectivity index (χ2n) is 5.44. The number of rotatable bonds is 6. The van der Waals surface area contributed by atoms with E-state index in [2.05, 4.69) is 4.98 Å². The van der Waals surface area contributed by atoms with Crippen LogP contribution in [-0.2, 0) is 22.6 Å². The lowest BCUT2D eigenvalue weighted by molar-refractivity contribution is -0.147. The largest absolute Gasteiger partial charge is 0.482 e. The normalized spacial score (nSPS) is 10.8. The Kier molecular flexibility index (Phi) is 5.14. The Morgan fingerprint density at radius 1 is 1.32 bits per heavy atom. The Balaban J connectivity index is 1.58. The molecule has 0 spiro atoms. The number of ether oxygens (including phenoxy) is 2. The molecule has 0 aliphatic rings. The topological polar surface area (TPSA) is 78.6 Å². The molecule has 0 aliphatic heterocycles. The molecule has 0 amide bonds. The highest BCUT2D eigenvalue weighted by atomic mass is 32.1. The summed E-state index contributed by atoms with van der Waals surface area (Å²) < 4.78 is 15.7. The number of fused-ring (bicyclic) bond motifs is 1. The van der Waals surface area contributed by atoms with Crippen molar-refractivity contribution in [3.63, 3.8) is 0 Å². The molecule has 25 heavy (non-hydrogen) atoms. The molecule has 2 heterocycles. The second kappa shape index (κ2) is 7.48. The van der Waals surface area contributed by atoms with Crippen LogP contribution in [0.1, 0.15) is 23.2 Å². The molecule has 0 saturated carbocycles. The average Bonchev–Trinajstić information content (AvgIpc) is 3.05. The van der Waals surface area contributed by atoms with E-state index in [-0.39, 0.29) is 13.2 Å². The van der Waals surface area contributed by atoms with Gasteiger partial charge in [0.15, 0.2) is 6.61 Å². The summed E-state index contributed by atoms with van der Waals surface area (Å²) >= 11 is 1.55. The van der Waals surface area contributed by atoms with Gasteiger partial charge in [-0.3, -0.25) is 0 Å². The molecule has 0 aliphatic carbocycles. The van der Waals surface area contributed by atoms with Crippen molar-refractivity contribution >= 4 is 28.3 Å². The monoisotopic (exact) mass is 359 g/mol. The first-order chi connectivity index (χ1) is 12.0. The van der Waals surface area contributed by atoms with Gasteiger partial charge >= 0.3 is 11.6 Å². The Hall–Kier alpha value is -2.67. The quantitative estimate of drug-likeness (QED) is 0.497. The zero-order valence-electron chi connectivity index (χ0n) is 13.9. The molecule has 0 radical (unpaired) electrons. The number of hydrogen-bond donors (Lipinski definition) is 0. The van der Waals surface area contributed by atoms with Crippen molar-refractivity contribution in [2.45, 2.75) is 26.9 Å². The van der Waals surface area contributed by atoms with Crippen LogP contribution < -0.4 is 10.4 Å². The number of esters is 1. The number of benzene rings is 1. The number of thiazole rings is 1. The smallest absolute Gasteiger partial charge is 0.344 e. The minimum absolute atomic E-state index is 0.129. The number of carbonyl (C=O) groups is 1. The molecule has 3 aromatic rings. The van der Waals surface area contributed by atoms with Crippen LogP contribution in [0.3, 0.4) is 0 Å². The van der Waals surface area contributed by atoms with Crippen LogP contribution in [0.25, 0.3) is 11.0 Å². The summed E-state index contributed by atoms with van der Waals surface area (Å²) in [7, 11) is 0. The van der Waals surface area contributed by atoms with Gasteiger partial charge in [-0.25, -0.2) is 14.6 Å². The Bertz CT molecular complexity index is 959. The maximum atomic E-state index is 11.8. The maximum Gasteiger partial charge on any atom is 0.344 e. The summed E-state index contributed by atoms with van der Waals surface area (Å²) in [5.74, 6) is -0.0584. The van der Waals surface area contributed by atoms with Crippen molar-refractivity contribution in [2.24, 2.45) is 0 Å². The van der Waals surface area contributed by atoms with E-state index in [1.165, 1.54) is 6.07 Å². The lowest BCUT2D eigenvalue weighted by Gasteiger charge is -2.07. The third kappa shape index (κ3) is 4.24. The van der Waals surface area contributed by atoms with E-state index in [9.17, 15) is 9.59 Å². The molecular formula is C18H17NO5S. The first-order valence-electron chi connectivity index (χ1n) is 7.81. The van der Waals surface area contributed by atoms with E-state index >= 15 is 0 Å². The Morgan fingerprint density at radius 3 is 2.92 bits per heavy atom. The summed E-state index contributed by atoms with van der Waals surface area (Å²) in [6.07, 6.45) is 0.860. The molecule has 0 fully saturated rings. The SMILES string of the molecule is CCc1nc(COC(=O)COc2ccc3c(C)cc(=O)oc3c2)cs1. The molecule has 3 rings (SSSR count). The van der Waals surface area contributed by atoms with Crippen LogP contribution in [0.5, 0.6) is 5.75 Å². The van der Waals surface area contributed by atoms with Crippen molar-refractivity contribution in [1.29, 1.82) is 0 Å². The predicted octanol–water partition coefficient (Wildman–Crippen LogP) is 3.24. The van der Waals surface area contributed by atoms with E-state index in [0.29, 0.717) is 11.3 Å². The zero-order valence-corrected chi connectivity index (χ0v) is 14.7. The van der Waals surface area contributed by atoms with E-state index in [4.69, 9.17) is 13.9 Å². The van der Waals surface area contributed by atoms with Crippen LogP contribution in [0.4, 0.5) is 0 Å². The van der Waals surface area contributed by atoms with Gasteiger partial charge in [-0.05, 0) is 31.0 Å². The fraction of sp³-hybridized carbons (Fsp3) is 0.278. The molecule has 130 valence electrons. The van der Waals surface area contributed by atoms with Gasteiger partial charge in [0.25, 0.3) is 0 Å². The molecular weight excluding hydrogens is 342 g/mol. The van der Waals surface area contributed by atoms with E-state index in [1.54, 1.807) is 29.5 Å². The molecule has 0 saturated heterocycles. The van der Waals surface area contributed by atoms with E-state index < -0.39 is 11.6 Å². The highest BCUT2D eigenvalue weighted by Gasteiger charge is 2.09. The molecule has 0 unspecified atom stereocenters. The minimum atomic E-state index is -0.489. The molecule has 0 atom stereocenters. The zero-order chi connectivity index (χ0) is 17.8. The maximum absolute atomic E-state index is 11.8. The van der Waals surface area contributed by atoms with Crippen molar-refractivity contribution in [1.82, 2.24) is 4.98 Å². The molecule has 2 aromatic heterocycles. The Morgan fingerprint density at radius 2 is 2.16 bits per heavy atom. The first-order valence-corrected chi connectivity index (χ1v) is 8.69. The summed E-state index contributed by atoms with van der Waals surface area (Å²) in [4.78, 5) is 27.6.